The van der Waals surface area contributed by atoms with Crippen molar-refractivity contribution < 1.29 is 0 Å². The highest BCUT2D eigenvalue weighted by Crippen LogP contribution is 2.33. The van der Waals surface area contributed by atoms with E-state index in [4.69, 9.17) is 0 Å². The number of halogens is 1. The second-order valence-electron chi connectivity index (χ2n) is 6.78. The van der Waals surface area contributed by atoms with Crippen molar-refractivity contribution in [3.63, 3.8) is 0 Å². The molecule has 0 unspecified atom stereocenters. The average Bonchev–Trinajstić information content (AvgIpc) is 3.12. The summed E-state index contributed by atoms with van der Waals surface area (Å²) in [5.41, 5.74) is 2.27. The minimum absolute atomic E-state index is 0.201. The fourth-order valence-corrected chi connectivity index (χ4v) is 6.06. The van der Waals surface area contributed by atoms with Crippen LogP contribution in [0.2, 0.25) is 0 Å². The van der Waals surface area contributed by atoms with Gasteiger partial charge in [0.05, 0.1) is 11.1 Å². The van der Waals surface area contributed by atoms with Gasteiger partial charge in [0.2, 0.25) is 0 Å². The standard InChI is InChI=1S/C19H16IN3O2S/c1-22-9-13(20)12-8-10(6-7-14(12)22)23-18(24)16-11-4-2-3-5-15(11)26-17(16)21-19(23)25/h6-9H,2-5H2,1H3,(H,21,25). The van der Waals surface area contributed by atoms with Gasteiger partial charge in [-0.2, -0.15) is 0 Å². The molecule has 1 aromatic carbocycles. The third-order valence-electron chi connectivity index (χ3n) is 5.19. The van der Waals surface area contributed by atoms with Gasteiger partial charge in [0.25, 0.3) is 5.56 Å². The number of thiophene rings is 1. The molecule has 7 heteroatoms. The van der Waals surface area contributed by atoms with Crippen molar-refractivity contribution in [3.8, 4) is 5.69 Å². The van der Waals surface area contributed by atoms with E-state index in [9.17, 15) is 9.59 Å². The van der Waals surface area contributed by atoms with Crippen LogP contribution in [0.25, 0.3) is 26.8 Å². The minimum atomic E-state index is -0.369. The van der Waals surface area contributed by atoms with Gasteiger partial charge in [0, 0.05) is 32.6 Å². The summed E-state index contributed by atoms with van der Waals surface area (Å²) in [4.78, 5) is 30.9. The molecule has 132 valence electrons. The van der Waals surface area contributed by atoms with Gasteiger partial charge in [-0.3, -0.25) is 9.78 Å². The second kappa shape index (κ2) is 5.82. The van der Waals surface area contributed by atoms with E-state index in [1.807, 2.05) is 36.0 Å². The number of benzene rings is 1. The Morgan fingerprint density at radius 1 is 1.19 bits per heavy atom. The Morgan fingerprint density at radius 3 is 2.85 bits per heavy atom. The van der Waals surface area contributed by atoms with Crippen LogP contribution in [0.4, 0.5) is 0 Å². The highest BCUT2D eigenvalue weighted by atomic mass is 127. The van der Waals surface area contributed by atoms with Crippen molar-refractivity contribution in [3.05, 3.63) is 59.2 Å². The van der Waals surface area contributed by atoms with Crippen molar-refractivity contribution in [1.29, 1.82) is 0 Å². The number of hydrogen-bond donors (Lipinski definition) is 1. The molecule has 5 nitrogen and oxygen atoms in total. The molecule has 5 rings (SSSR count). The van der Waals surface area contributed by atoms with Crippen LogP contribution < -0.4 is 11.2 Å². The third kappa shape index (κ3) is 2.26. The molecule has 0 amide bonds. The van der Waals surface area contributed by atoms with Crippen LogP contribution in [-0.2, 0) is 19.9 Å². The van der Waals surface area contributed by atoms with Crippen LogP contribution in [0.5, 0.6) is 0 Å². The number of nitrogens with zero attached hydrogens (tertiary/aromatic N) is 2. The summed E-state index contributed by atoms with van der Waals surface area (Å²) in [7, 11) is 1.99. The molecular weight excluding hydrogens is 461 g/mol. The molecule has 0 bridgehead atoms. The molecule has 3 aromatic heterocycles. The van der Waals surface area contributed by atoms with Crippen LogP contribution in [0.1, 0.15) is 23.3 Å². The SMILES string of the molecule is Cn1cc(I)c2cc(-n3c(=O)[nH]c4sc5c(c4c3=O)CCCC5)ccc21. The lowest BCUT2D eigenvalue weighted by Crippen LogP contribution is -2.33. The average molecular weight is 477 g/mol. The van der Waals surface area contributed by atoms with Gasteiger partial charge in [-0.1, -0.05) is 0 Å². The predicted octanol–water partition coefficient (Wildman–Crippen LogP) is 3.72. The molecule has 1 aliphatic rings. The van der Waals surface area contributed by atoms with Crippen LogP contribution in [0, 0.1) is 3.57 Å². The zero-order chi connectivity index (χ0) is 18.0. The molecule has 1 N–H and O–H groups in total. The summed E-state index contributed by atoms with van der Waals surface area (Å²) in [5.74, 6) is 0. The third-order valence-corrected chi connectivity index (χ3v) is 7.26. The molecule has 0 atom stereocenters. The lowest BCUT2D eigenvalue weighted by atomic mass is 9.97. The first-order chi connectivity index (χ1) is 12.5. The summed E-state index contributed by atoms with van der Waals surface area (Å²) in [6.07, 6.45) is 6.23. The summed E-state index contributed by atoms with van der Waals surface area (Å²) in [6, 6.07) is 5.74. The molecule has 0 radical (unpaired) electrons. The van der Waals surface area contributed by atoms with E-state index in [1.54, 1.807) is 11.3 Å². The van der Waals surface area contributed by atoms with Gasteiger partial charge in [-0.15, -0.1) is 11.3 Å². The fourth-order valence-electron chi connectivity index (χ4n) is 3.94. The monoisotopic (exact) mass is 477 g/mol. The zero-order valence-electron chi connectivity index (χ0n) is 14.1. The maximum absolute atomic E-state index is 13.3. The first-order valence-electron chi connectivity index (χ1n) is 8.59. The Kier molecular flexibility index (Phi) is 3.65. The summed E-state index contributed by atoms with van der Waals surface area (Å²) in [5, 5.41) is 1.75. The van der Waals surface area contributed by atoms with Crippen molar-refractivity contribution in [1.82, 2.24) is 14.1 Å². The number of aromatic amines is 1. The van der Waals surface area contributed by atoms with E-state index in [2.05, 4.69) is 27.6 Å². The van der Waals surface area contributed by atoms with E-state index in [0.29, 0.717) is 11.1 Å². The molecule has 26 heavy (non-hydrogen) atoms. The largest absolute Gasteiger partial charge is 0.349 e. The van der Waals surface area contributed by atoms with E-state index in [1.165, 1.54) is 9.44 Å². The van der Waals surface area contributed by atoms with E-state index in [-0.39, 0.29) is 11.2 Å². The minimum Gasteiger partial charge on any atom is -0.349 e. The Labute approximate surface area is 166 Å². The predicted molar refractivity (Wildman–Crippen MR) is 114 cm³/mol. The highest BCUT2D eigenvalue weighted by Gasteiger charge is 2.21. The molecule has 0 fully saturated rings. The molecular formula is C19H16IN3O2S. The fraction of sp³-hybridized carbons (Fsp3) is 0.263. The summed E-state index contributed by atoms with van der Waals surface area (Å²) >= 11 is 3.85. The molecule has 0 saturated carbocycles. The van der Waals surface area contributed by atoms with E-state index < -0.39 is 0 Å². The zero-order valence-corrected chi connectivity index (χ0v) is 17.1. The smallest absolute Gasteiger partial charge is 0.334 e. The van der Waals surface area contributed by atoms with Crippen molar-refractivity contribution >= 4 is 55.0 Å². The van der Waals surface area contributed by atoms with Gasteiger partial charge in [0.1, 0.15) is 4.83 Å². The molecule has 3 heterocycles. The number of rotatable bonds is 1. The molecule has 0 saturated heterocycles. The van der Waals surface area contributed by atoms with Gasteiger partial charge in [-0.25, -0.2) is 9.36 Å². The first kappa shape index (κ1) is 16.3. The Bertz CT molecular complexity index is 1310. The maximum Gasteiger partial charge on any atom is 0.334 e. The molecule has 1 aliphatic carbocycles. The van der Waals surface area contributed by atoms with Gasteiger partial charge in [-0.05, 0) is 72.0 Å². The summed E-state index contributed by atoms with van der Waals surface area (Å²) in [6.45, 7) is 0. The van der Waals surface area contributed by atoms with Crippen LogP contribution in [0.15, 0.2) is 34.0 Å². The number of fused-ring (bicyclic) bond motifs is 4. The number of hydrogen-bond acceptors (Lipinski definition) is 3. The normalized spacial score (nSPS) is 14.2. The Morgan fingerprint density at radius 2 is 2.00 bits per heavy atom. The van der Waals surface area contributed by atoms with Gasteiger partial charge < -0.3 is 4.57 Å². The van der Waals surface area contributed by atoms with Crippen molar-refractivity contribution in [2.24, 2.45) is 7.05 Å². The number of aromatic nitrogens is 3. The highest BCUT2D eigenvalue weighted by molar-refractivity contribution is 14.1. The second-order valence-corrected chi connectivity index (χ2v) is 9.04. The number of aryl methyl sites for hydroxylation is 3. The Hall–Kier alpha value is -1.87. The number of nitrogens with one attached hydrogen (secondary N) is 1. The lowest BCUT2D eigenvalue weighted by molar-refractivity contribution is 0.699. The topological polar surface area (TPSA) is 59.8 Å². The first-order valence-corrected chi connectivity index (χ1v) is 10.5. The number of H-pyrrole nitrogens is 1. The van der Waals surface area contributed by atoms with E-state index >= 15 is 0 Å². The van der Waals surface area contributed by atoms with E-state index in [0.717, 1.165) is 50.6 Å². The van der Waals surface area contributed by atoms with Crippen molar-refractivity contribution in [2.75, 3.05) is 0 Å². The molecule has 0 spiro atoms. The lowest BCUT2D eigenvalue weighted by Gasteiger charge is -2.10. The van der Waals surface area contributed by atoms with Gasteiger partial charge >= 0.3 is 5.69 Å². The summed E-state index contributed by atoms with van der Waals surface area (Å²) < 4.78 is 4.43. The van der Waals surface area contributed by atoms with Crippen LogP contribution in [0.3, 0.4) is 0 Å². The van der Waals surface area contributed by atoms with Crippen LogP contribution in [-0.4, -0.2) is 14.1 Å². The Balaban J connectivity index is 1.83. The maximum atomic E-state index is 13.3. The molecule has 0 aliphatic heterocycles. The van der Waals surface area contributed by atoms with Gasteiger partial charge in [0.15, 0.2) is 0 Å². The quantitative estimate of drug-likeness (QED) is 0.425. The molecule has 4 aromatic rings. The van der Waals surface area contributed by atoms with Crippen LogP contribution >= 0.6 is 33.9 Å². The van der Waals surface area contributed by atoms with Crippen molar-refractivity contribution in [2.45, 2.75) is 25.7 Å².